The zero-order valence-corrected chi connectivity index (χ0v) is 15.4. The molecule has 0 fully saturated rings. The van der Waals surface area contributed by atoms with Gasteiger partial charge in [0.25, 0.3) is 5.91 Å². The van der Waals surface area contributed by atoms with Gasteiger partial charge < -0.3 is 9.64 Å². The summed E-state index contributed by atoms with van der Waals surface area (Å²) in [7, 11) is 1.64. The topological polar surface area (TPSA) is 29.5 Å². The Morgan fingerprint density at radius 3 is 2.64 bits per heavy atom. The highest BCUT2D eigenvalue weighted by Gasteiger charge is 2.19. The quantitative estimate of drug-likeness (QED) is 0.592. The standard InChI is InChI=1S/C20H18ClNO2S/c1-24-19-10-3-2-6-16(19)13-22(14-18-9-5-11-25-18)20(23)15-7-4-8-17(21)12-15/h2-12H,13-14H2,1H3. The van der Waals surface area contributed by atoms with Gasteiger partial charge in [0.2, 0.25) is 0 Å². The number of benzene rings is 2. The maximum atomic E-state index is 13.1. The van der Waals surface area contributed by atoms with Gasteiger partial charge in [-0.1, -0.05) is 41.9 Å². The zero-order chi connectivity index (χ0) is 17.6. The normalized spacial score (nSPS) is 10.5. The van der Waals surface area contributed by atoms with Crippen LogP contribution in [0.15, 0.2) is 66.0 Å². The second kappa shape index (κ2) is 8.19. The molecule has 0 spiro atoms. The molecule has 3 nitrogen and oxygen atoms in total. The maximum Gasteiger partial charge on any atom is 0.254 e. The van der Waals surface area contributed by atoms with Gasteiger partial charge in [-0.05, 0) is 35.7 Å². The lowest BCUT2D eigenvalue weighted by Gasteiger charge is -2.23. The van der Waals surface area contributed by atoms with Crippen LogP contribution in [-0.4, -0.2) is 17.9 Å². The molecule has 5 heteroatoms. The Bertz CT molecular complexity index is 848. The van der Waals surface area contributed by atoms with Crippen LogP contribution in [0.2, 0.25) is 5.02 Å². The Labute approximate surface area is 156 Å². The van der Waals surface area contributed by atoms with Crippen molar-refractivity contribution in [1.29, 1.82) is 0 Å². The Balaban J connectivity index is 1.90. The number of hydrogen-bond donors (Lipinski definition) is 0. The van der Waals surface area contributed by atoms with Gasteiger partial charge >= 0.3 is 0 Å². The predicted molar refractivity (Wildman–Crippen MR) is 102 cm³/mol. The number of para-hydroxylation sites is 1. The number of halogens is 1. The van der Waals surface area contributed by atoms with E-state index in [9.17, 15) is 4.79 Å². The van der Waals surface area contributed by atoms with E-state index >= 15 is 0 Å². The van der Waals surface area contributed by atoms with Crippen molar-refractivity contribution in [1.82, 2.24) is 4.90 Å². The number of thiophene rings is 1. The van der Waals surface area contributed by atoms with Crippen LogP contribution < -0.4 is 4.74 Å². The Hall–Kier alpha value is -2.30. The van der Waals surface area contributed by atoms with Crippen LogP contribution in [0.5, 0.6) is 5.75 Å². The van der Waals surface area contributed by atoms with Crippen molar-refractivity contribution in [2.75, 3.05) is 7.11 Å². The first kappa shape index (κ1) is 17.5. The maximum absolute atomic E-state index is 13.1. The molecule has 0 unspecified atom stereocenters. The molecule has 25 heavy (non-hydrogen) atoms. The second-order valence-corrected chi connectivity index (χ2v) is 7.03. The van der Waals surface area contributed by atoms with Crippen LogP contribution in [0, 0.1) is 0 Å². The molecule has 128 valence electrons. The minimum absolute atomic E-state index is 0.0539. The van der Waals surface area contributed by atoms with Crippen molar-refractivity contribution in [3.05, 3.63) is 87.1 Å². The third-order valence-electron chi connectivity index (χ3n) is 3.84. The summed E-state index contributed by atoms with van der Waals surface area (Å²) < 4.78 is 5.43. The Morgan fingerprint density at radius 2 is 1.92 bits per heavy atom. The lowest BCUT2D eigenvalue weighted by Crippen LogP contribution is -2.30. The van der Waals surface area contributed by atoms with Gasteiger partial charge in [-0.25, -0.2) is 0 Å². The summed E-state index contributed by atoms with van der Waals surface area (Å²) in [5.74, 6) is 0.722. The molecule has 1 heterocycles. The van der Waals surface area contributed by atoms with E-state index in [1.54, 1.807) is 42.7 Å². The molecule has 2 aromatic carbocycles. The summed E-state index contributed by atoms with van der Waals surface area (Å²) in [5.41, 5.74) is 1.55. The molecular formula is C20H18ClNO2S. The smallest absolute Gasteiger partial charge is 0.254 e. The number of methoxy groups -OCH3 is 1. The summed E-state index contributed by atoms with van der Waals surface area (Å²) in [6, 6.07) is 18.8. The monoisotopic (exact) mass is 371 g/mol. The number of amides is 1. The summed E-state index contributed by atoms with van der Waals surface area (Å²) >= 11 is 7.69. The average Bonchev–Trinajstić information content (AvgIpc) is 3.14. The van der Waals surface area contributed by atoms with E-state index in [1.807, 2.05) is 46.7 Å². The highest BCUT2D eigenvalue weighted by Crippen LogP contribution is 2.23. The fourth-order valence-corrected chi connectivity index (χ4v) is 3.54. The van der Waals surface area contributed by atoms with Crippen LogP contribution >= 0.6 is 22.9 Å². The van der Waals surface area contributed by atoms with Crippen molar-refractivity contribution in [2.24, 2.45) is 0 Å². The summed E-state index contributed by atoms with van der Waals surface area (Å²) in [6.45, 7) is 1.01. The highest BCUT2D eigenvalue weighted by atomic mass is 35.5. The van der Waals surface area contributed by atoms with E-state index in [0.29, 0.717) is 23.7 Å². The molecule has 0 aliphatic heterocycles. The van der Waals surface area contributed by atoms with Crippen molar-refractivity contribution >= 4 is 28.8 Å². The lowest BCUT2D eigenvalue weighted by atomic mass is 10.1. The van der Waals surface area contributed by atoms with E-state index in [4.69, 9.17) is 16.3 Å². The minimum Gasteiger partial charge on any atom is -0.496 e. The number of nitrogens with zero attached hydrogens (tertiary/aromatic N) is 1. The third-order valence-corrected chi connectivity index (χ3v) is 4.94. The molecule has 0 N–H and O–H groups in total. The summed E-state index contributed by atoms with van der Waals surface area (Å²) in [6.07, 6.45) is 0. The second-order valence-electron chi connectivity index (χ2n) is 5.56. The molecule has 1 aromatic heterocycles. The molecule has 3 rings (SSSR count). The van der Waals surface area contributed by atoms with Gasteiger partial charge in [0, 0.05) is 21.0 Å². The van der Waals surface area contributed by atoms with E-state index in [1.165, 1.54) is 0 Å². The molecule has 0 saturated heterocycles. The molecule has 3 aromatic rings. The van der Waals surface area contributed by atoms with E-state index < -0.39 is 0 Å². The first-order valence-electron chi connectivity index (χ1n) is 7.86. The van der Waals surface area contributed by atoms with Crippen LogP contribution in [0.1, 0.15) is 20.8 Å². The largest absolute Gasteiger partial charge is 0.496 e. The number of ether oxygens (including phenoxy) is 1. The molecular weight excluding hydrogens is 354 g/mol. The van der Waals surface area contributed by atoms with Crippen LogP contribution in [0.25, 0.3) is 0 Å². The predicted octanol–water partition coefficient (Wildman–Crippen LogP) is 5.25. The number of carbonyl (C=O) groups is 1. The van der Waals surface area contributed by atoms with Gasteiger partial charge in [0.05, 0.1) is 20.2 Å². The molecule has 0 atom stereocenters. The number of hydrogen-bond acceptors (Lipinski definition) is 3. The molecule has 0 saturated carbocycles. The Kier molecular flexibility index (Phi) is 5.74. The fraction of sp³-hybridized carbons (Fsp3) is 0.150. The van der Waals surface area contributed by atoms with Crippen LogP contribution in [0.3, 0.4) is 0 Å². The van der Waals surface area contributed by atoms with Crippen molar-refractivity contribution in [3.63, 3.8) is 0 Å². The molecule has 1 amide bonds. The van der Waals surface area contributed by atoms with Crippen LogP contribution in [0.4, 0.5) is 0 Å². The number of rotatable bonds is 6. The third kappa shape index (κ3) is 4.41. The van der Waals surface area contributed by atoms with Crippen molar-refractivity contribution in [3.8, 4) is 5.75 Å². The number of carbonyl (C=O) groups excluding carboxylic acids is 1. The van der Waals surface area contributed by atoms with Gasteiger partial charge in [-0.15, -0.1) is 11.3 Å². The fourth-order valence-electron chi connectivity index (χ4n) is 2.63. The SMILES string of the molecule is COc1ccccc1CN(Cc1cccs1)C(=O)c1cccc(Cl)c1. The zero-order valence-electron chi connectivity index (χ0n) is 13.8. The Morgan fingerprint density at radius 1 is 1.08 bits per heavy atom. The molecule has 0 bridgehead atoms. The average molecular weight is 372 g/mol. The van der Waals surface area contributed by atoms with Crippen molar-refractivity contribution < 1.29 is 9.53 Å². The summed E-state index contributed by atoms with van der Waals surface area (Å²) in [4.78, 5) is 16.0. The van der Waals surface area contributed by atoms with Crippen molar-refractivity contribution in [2.45, 2.75) is 13.1 Å². The van der Waals surface area contributed by atoms with Crippen LogP contribution in [-0.2, 0) is 13.1 Å². The molecule has 0 aliphatic carbocycles. The molecule has 0 aliphatic rings. The molecule has 0 radical (unpaired) electrons. The van der Waals surface area contributed by atoms with Gasteiger partial charge in [0.1, 0.15) is 5.75 Å². The highest BCUT2D eigenvalue weighted by molar-refractivity contribution is 7.09. The first-order valence-corrected chi connectivity index (χ1v) is 9.12. The van der Waals surface area contributed by atoms with Gasteiger partial charge in [0.15, 0.2) is 0 Å². The van der Waals surface area contributed by atoms with E-state index in [-0.39, 0.29) is 5.91 Å². The first-order chi connectivity index (χ1) is 12.2. The summed E-state index contributed by atoms with van der Waals surface area (Å²) in [5, 5.41) is 2.57. The van der Waals surface area contributed by atoms with E-state index in [0.717, 1.165) is 16.2 Å². The minimum atomic E-state index is -0.0539. The lowest BCUT2D eigenvalue weighted by molar-refractivity contribution is 0.0730. The van der Waals surface area contributed by atoms with Gasteiger partial charge in [-0.3, -0.25) is 4.79 Å². The van der Waals surface area contributed by atoms with E-state index in [2.05, 4.69) is 0 Å². The van der Waals surface area contributed by atoms with Gasteiger partial charge in [-0.2, -0.15) is 0 Å².